The standard InChI is InChI=1S/C21H25NO3/c1-12-6-7-21(24)16-10-14-4-5-15(23)18-17(14)20(21,19(12)25-18)8-9-22(16)11-13-2-3-13/h4-5,13,16,19,23-24H,1-3,6-11H2/p+1/t16-,19+,20+,21-/m1/s1. The van der Waals surface area contributed by atoms with Gasteiger partial charge in [0, 0.05) is 24.3 Å². The lowest BCUT2D eigenvalue weighted by molar-refractivity contribution is -0.944. The van der Waals surface area contributed by atoms with Crippen LogP contribution < -0.4 is 9.64 Å². The molecule has 3 N–H and O–H groups in total. The molecular formula is C21H26NO3+. The topological polar surface area (TPSA) is 54.1 Å². The third-order valence-electron chi connectivity index (χ3n) is 7.90. The summed E-state index contributed by atoms with van der Waals surface area (Å²) >= 11 is 0. The Balaban J connectivity index is 1.58. The molecule has 3 aliphatic carbocycles. The van der Waals surface area contributed by atoms with Crippen LogP contribution in [0.15, 0.2) is 24.3 Å². The maximum absolute atomic E-state index is 12.1. The number of hydrogen-bond donors (Lipinski definition) is 3. The van der Waals surface area contributed by atoms with Gasteiger partial charge in [-0.15, -0.1) is 0 Å². The Kier molecular flexibility index (Phi) is 2.58. The molecule has 4 nitrogen and oxygen atoms in total. The average molecular weight is 340 g/mol. The summed E-state index contributed by atoms with van der Waals surface area (Å²) in [6.45, 7) is 6.58. The molecule has 2 bridgehead atoms. The van der Waals surface area contributed by atoms with Crippen molar-refractivity contribution in [2.75, 3.05) is 13.1 Å². The molecule has 3 fully saturated rings. The molecule has 132 valence electrons. The van der Waals surface area contributed by atoms with Crippen molar-refractivity contribution < 1.29 is 19.8 Å². The van der Waals surface area contributed by atoms with E-state index < -0.39 is 11.0 Å². The minimum absolute atomic E-state index is 0.182. The molecule has 1 unspecified atom stereocenters. The van der Waals surface area contributed by atoms with Crippen LogP contribution in [0.3, 0.4) is 0 Å². The molecule has 1 spiro atoms. The highest BCUT2D eigenvalue weighted by Crippen LogP contribution is 2.64. The number of benzene rings is 1. The minimum atomic E-state index is -0.743. The van der Waals surface area contributed by atoms with E-state index in [1.54, 1.807) is 11.0 Å². The summed E-state index contributed by atoms with van der Waals surface area (Å²) in [5.74, 6) is 1.69. The number of quaternary nitrogens is 1. The molecule has 0 radical (unpaired) electrons. The second-order valence-electron chi connectivity index (χ2n) is 9.06. The molecule has 0 amide bonds. The fourth-order valence-electron chi connectivity index (χ4n) is 6.62. The Hall–Kier alpha value is -1.52. The smallest absolute Gasteiger partial charge is 0.166 e. The number of phenolic OH excluding ortho intramolecular Hbond substituents is 1. The van der Waals surface area contributed by atoms with Gasteiger partial charge in [0.05, 0.1) is 18.5 Å². The first-order valence-corrected chi connectivity index (χ1v) is 9.81. The Bertz CT molecular complexity index is 801. The van der Waals surface area contributed by atoms with Crippen LogP contribution in [-0.2, 0) is 11.8 Å². The van der Waals surface area contributed by atoms with Gasteiger partial charge in [0.2, 0.25) is 0 Å². The van der Waals surface area contributed by atoms with Crippen LogP contribution in [0.2, 0.25) is 0 Å². The van der Waals surface area contributed by atoms with Crippen LogP contribution in [0.1, 0.15) is 43.2 Å². The number of likely N-dealkylation sites (tertiary alicyclic amines) is 1. The summed E-state index contributed by atoms with van der Waals surface area (Å²) in [6, 6.07) is 4.07. The molecule has 2 saturated carbocycles. The highest BCUT2D eigenvalue weighted by molar-refractivity contribution is 5.63. The monoisotopic (exact) mass is 340 g/mol. The number of nitrogens with one attached hydrogen (secondary N) is 1. The third kappa shape index (κ3) is 1.57. The maximum atomic E-state index is 12.1. The van der Waals surface area contributed by atoms with E-state index in [0.29, 0.717) is 5.75 Å². The summed E-state index contributed by atoms with van der Waals surface area (Å²) in [6.07, 6.45) is 5.95. The first-order chi connectivity index (χ1) is 12.0. The van der Waals surface area contributed by atoms with Gasteiger partial charge in [-0.2, -0.15) is 0 Å². The summed E-state index contributed by atoms with van der Waals surface area (Å²) in [5, 5.41) is 22.5. The van der Waals surface area contributed by atoms with Crippen molar-refractivity contribution in [1.29, 1.82) is 0 Å². The SMILES string of the molecule is C=C1CC[C@@]2(O)[C@H]3Cc4ccc(O)c5c4[C@@]2(CC[NH+]3CC2CC2)[C@H]1O5. The van der Waals surface area contributed by atoms with Gasteiger partial charge in [-0.05, 0) is 42.9 Å². The zero-order chi connectivity index (χ0) is 17.0. The van der Waals surface area contributed by atoms with E-state index in [0.717, 1.165) is 49.3 Å². The number of piperidine rings is 1. The zero-order valence-electron chi connectivity index (χ0n) is 14.6. The van der Waals surface area contributed by atoms with E-state index in [-0.39, 0.29) is 17.9 Å². The average Bonchev–Trinajstić information content (AvgIpc) is 3.32. The highest BCUT2D eigenvalue weighted by Gasteiger charge is 2.73. The second kappa shape index (κ2) is 4.41. The van der Waals surface area contributed by atoms with Crippen molar-refractivity contribution in [2.24, 2.45) is 5.92 Å². The Morgan fingerprint density at radius 2 is 2.12 bits per heavy atom. The Morgan fingerprint density at radius 3 is 2.92 bits per heavy atom. The number of aliphatic hydroxyl groups is 1. The summed E-state index contributed by atoms with van der Waals surface area (Å²) in [4.78, 5) is 1.59. The molecule has 1 saturated heterocycles. The number of hydrogen-bond acceptors (Lipinski definition) is 3. The van der Waals surface area contributed by atoms with Crippen molar-refractivity contribution in [3.8, 4) is 11.5 Å². The molecule has 1 aromatic rings. The lowest BCUT2D eigenvalue weighted by Crippen LogP contribution is -3.21. The van der Waals surface area contributed by atoms with Gasteiger partial charge in [0.15, 0.2) is 11.5 Å². The predicted molar refractivity (Wildman–Crippen MR) is 93.1 cm³/mol. The molecule has 2 aliphatic heterocycles. The van der Waals surface area contributed by atoms with Crippen molar-refractivity contribution >= 4 is 0 Å². The summed E-state index contributed by atoms with van der Waals surface area (Å²) < 4.78 is 6.30. The molecule has 2 heterocycles. The largest absolute Gasteiger partial charge is 0.504 e. The van der Waals surface area contributed by atoms with Gasteiger partial charge in [-0.3, -0.25) is 0 Å². The number of phenols is 1. The van der Waals surface area contributed by atoms with Crippen LogP contribution in [0.4, 0.5) is 0 Å². The summed E-state index contributed by atoms with van der Waals surface area (Å²) in [7, 11) is 0. The lowest BCUT2D eigenvalue weighted by atomic mass is 9.48. The van der Waals surface area contributed by atoms with Crippen LogP contribution in [0, 0.1) is 5.92 Å². The summed E-state index contributed by atoms with van der Waals surface area (Å²) in [5.41, 5.74) is 2.31. The Morgan fingerprint density at radius 1 is 1.28 bits per heavy atom. The molecule has 0 aromatic heterocycles. The second-order valence-corrected chi connectivity index (χ2v) is 9.06. The van der Waals surface area contributed by atoms with E-state index in [2.05, 4.69) is 12.6 Å². The van der Waals surface area contributed by atoms with E-state index in [1.807, 2.05) is 0 Å². The third-order valence-corrected chi connectivity index (χ3v) is 7.90. The van der Waals surface area contributed by atoms with Crippen molar-refractivity contribution in [3.63, 3.8) is 0 Å². The van der Waals surface area contributed by atoms with Gasteiger partial charge in [0.1, 0.15) is 17.7 Å². The fraction of sp³-hybridized carbons (Fsp3) is 0.619. The van der Waals surface area contributed by atoms with E-state index in [4.69, 9.17) is 4.74 Å². The van der Waals surface area contributed by atoms with Crippen LogP contribution in [-0.4, -0.2) is 41.0 Å². The van der Waals surface area contributed by atoms with Crippen molar-refractivity contribution in [1.82, 2.24) is 0 Å². The van der Waals surface area contributed by atoms with Gasteiger partial charge in [0.25, 0.3) is 0 Å². The number of aromatic hydroxyl groups is 1. The lowest BCUT2D eigenvalue weighted by Gasteiger charge is -2.61. The van der Waals surface area contributed by atoms with E-state index >= 15 is 0 Å². The van der Waals surface area contributed by atoms with Gasteiger partial charge in [-0.25, -0.2) is 0 Å². The molecule has 1 aromatic carbocycles. The van der Waals surface area contributed by atoms with Gasteiger partial charge < -0.3 is 19.8 Å². The molecule has 6 rings (SSSR count). The van der Waals surface area contributed by atoms with Gasteiger partial charge in [-0.1, -0.05) is 12.6 Å². The normalized spacial score (nSPS) is 43.6. The van der Waals surface area contributed by atoms with Crippen LogP contribution in [0.25, 0.3) is 0 Å². The van der Waals surface area contributed by atoms with Gasteiger partial charge >= 0.3 is 0 Å². The van der Waals surface area contributed by atoms with Crippen molar-refractivity contribution in [2.45, 2.75) is 61.7 Å². The minimum Gasteiger partial charge on any atom is -0.504 e. The van der Waals surface area contributed by atoms with Crippen LogP contribution >= 0.6 is 0 Å². The molecular weight excluding hydrogens is 314 g/mol. The number of ether oxygens (including phenoxy) is 1. The predicted octanol–water partition coefficient (Wildman–Crippen LogP) is 1.10. The Labute approximate surface area is 148 Å². The fourth-order valence-corrected chi connectivity index (χ4v) is 6.62. The molecule has 5 aliphatic rings. The quantitative estimate of drug-likeness (QED) is 0.707. The maximum Gasteiger partial charge on any atom is 0.166 e. The van der Waals surface area contributed by atoms with E-state index in [9.17, 15) is 10.2 Å². The highest BCUT2D eigenvalue weighted by atomic mass is 16.5. The first-order valence-electron chi connectivity index (χ1n) is 9.81. The van der Waals surface area contributed by atoms with Crippen LogP contribution in [0.5, 0.6) is 11.5 Å². The van der Waals surface area contributed by atoms with Crippen molar-refractivity contribution in [3.05, 3.63) is 35.4 Å². The van der Waals surface area contributed by atoms with E-state index in [1.165, 1.54) is 24.9 Å². The molecule has 4 heteroatoms. The number of rotatable bonds is 2. The first kappa shape index (κ1) is 14.6. The zero-order valence-corrected chi connectivity index (χ0v) is 14.6. The molecule has 25 heavy (non-hydrogen) atoms. The molecule has 5 atom stereocenters.